The predicted molar refractivity (Wildman–Crippen MR) is 86.3 cm³/mol. The van der Waals surface area contributed by atoms with Crippen molar-refractivity contribution in [3.8, 4) is 11.4 Å². The van der Waals surface area contributed by atoms with Crippen LogP contribution in [0.1, 0.15) is 37.5 Å². The second kappa shape index (κ2) is 5.74. The average molecular weight is 326 g/mol. The Bertz CT molecular complexity index is 890. The van der Waals surface area contributed by atoms with Crippen LogP contribution in [-0.4, -0.2) is 39.0 Å². The molecule has 1 amide bonds. The van der Waals surface area contributed by atoms with Crippen molar-refractivity contribution in [2.45, 2.75) is 32.6 Å². The molecule has 0 N–H and O–H groups in total. The topological polar surface area (TPSA) is 85.3 Å². The van der Waals surface area contributed by atoms with Gasteiger partial charge < -0.3 is 13.8 Å². The molecule has 7 heteroatoms. The second-order valence-electron chi connectivity index (χ2n) is 6.15. The van der Waals surface area contributed by atoms with E-state index in [4.69, 9.17) is 8.94 Å². The van der Waals surface area contributed by atoms with Crippen molar-refractivity contribution >= 4 is 17.0 Å². The fourth-order valence-electron chi connectivity index (χ4n) is 3.14. The van der Waals surface area contributed by atoms with Crippen LogP contribution >= 0.6 is 0 Å². The second-order valence-corrected chi connectivity index (χ2v) is 6.15. The van der Waals surface area contributed by atoms with E-state index in [0.29, 0.717) is 17.6 Å². The summed E-state index contributed by atoms with van der Waals surface area (Å²) in [5.74, 6) is 2.16. The van der Waals surface area contributed by atoms with Gasteiger partial charge in [0.2, 0.25) is 17.6 Å². The lowest BCUT2D eigenvalue weighted by molar-refractivity contribution is -0.129. The number of aromatic nitrogens is 3. The molecule has 3 aromatic rings. The first-order valence-electron chi connectivity index (χ1n) is 8.07. The summed E-state index contributed by atoms with van der Waals surface area (Å²) in [6, 6.07) is 5.67. The lowest BCUT2D eigenvalue weighted by Crippen LogP contribution is -2.36. The van der Waals surface area contributed by atoms with Crippen LogP contribution in [0.15, 0.2) is 27.1 Å². The first kappa shape index (κ1) is 14.9. The molecule has 3 heterocycles. The Hall–Kier alpha value is -2.70. The van der Waals surface area contributed by atoms with E-state index in [1.165, 1.54) is 0 Å². The van der Waals surface area contributed by atoms with Gasteiger partial charge in [0, 0.05) is 38.4 Å². The van der Waals surface area contributed by atoms with Crippen molar-refractivity contribution in [3.05, 3.63) is 30.0 Å². The number of rotatable bonds is 2. The highest BCUT2D eigenvalue weighted by Crippen LogP contribution is 2.29. The highest BCUT2D eigenvalue weighted by atomic mass is 16.5. The SMILES string of the molecule is CC(=O)N1CCC(c2nc(-c3ccc4oc(C)nc4c3)no2)CC1. The van der Waals surface area contributed by atoms with E-state index >= 15 is 0 Å². The predicted octanol–water partition coefficient (Wildman–Crippen LogP) is 2.91. The van der Waals surface area contributed by atoms with Gasteiger partial charge in [-0.15, -0.1) is 0 Å². The third-order valence-electron chi connectivity index (χ3n) is 4.48. The molecule has 124 valence electrons. The van der Waals surface area contributed by atoms with E-state index < -0.39 is 0 Å². The Morgan fingerprint density at radius 3 is 2.79 bits per heavy atom. The zero-order valence-electron chi connectivity index (χ0n) is 13.7. The number of piperidine rings is 1. The van der Waals surface area contributed by atoms with Gasteiger partial charge >= 0.3 is 0 Å². The maximum Gasteiger partial charge on any atom is 0.230 e. The lowest BCUT2D eigenvalue weighted by atomic mass is 9.97. The summed E-state index contributed by atoms with van der Waals surface area (Å²) in [4.78, 5) is 22.1. The van der Waals surface area contributed by atoms with E-state index in [1.807, 2.05) is 30.0 Å². The van der Waals surface area contributed by atoms with Crippen molar-refractivity contribution in [1.82, 2.24) is 20.0 Å². The number of amides is 1. The van der Waals surface area contributed by atoms with Crippen molar-refractivity contribution < 1.29 is 13.7 Å². The van der Waals surface area contributed by atoms with Crippen LogP contribution in [0.5, 0.6) is 0 Å². The number of aryl methyl sites for hydroxylation is 1. The molecule has 1 fully saturated rings. The quantitative estimate of drug-likeness (QED) is 0.720. The number of likely N-dealkylation sites (tertiary alicyclic amines) is 1. The normalized spacial score (nSPS) is 16.0. The number of hydrogen-bond acceptors (Lipinski definition) is 6. The minimum atomic E-state index is 0.121. The van der Waals surface area contributed by atoms with Crippen molar-refractivity contribution in [1.29, 1.82) is 0 Å². The standard InChI is InChI=1S/C17H18N4O3/c1-10-18-14-9-13(3-4-15(14)23-10)16-19-17(24-20-16)12-5-7-21(8-6-12)11(2)22/h3-4,9,12H,5-8H2,1-2H3. The Labute approximate surface area is 138 Å². The van der Waals surface area contributed by atoms with E-state index in [2.05, 4.69) is 15.1 Å². The average Bonchev–Trinajstić information content (AvgIpc) is 3.19. The van der Waals surface area contributed by atoms with E-state index in [-0.39, 0.29) is 11.8 Å². The number of benzene rings is 1. The zero-order valence-corrected chi connectivity index (χ0v) is 13.7. The Balaban J connectivity index is 1.54. The summed E-state index contributed by atoms with van der Waals surface area (Å²) in [6.07, 6.45) is 1.70. The molecule has 2 aromatic heterocycles. The molecule has 1 aliphatic heterocycles. The largest absolute Gasteiger partial charge is 0.441 e. The molecule has 0 spiro atoms. The number of hydrogen-bond donors (Lipinski definition) is 0. The molecule has 1 aromatic carbocycles. The summed E-state index contributed by atoms with van der Waals surface area (Å²) in [5.41, 5.74) is 2.38. The molecule has 0 radical (unpaired) electrons. The molecule has 0 saturated carbocycles. The van der Waals surface area contributed by atoms with Crippen LogP contribution in [0.25, 0.3) is 22.5 Å². The number of carbonyl (C=O) groups is 1. The Morgan fingerprint density at radius 2 is 2.04 bits per heavy atom. The van der Waals surface area contributed by atoms with Crippen LogP contribution in [0.2, 0.25) is 0 Å². The van der Waals surface area contributed by atoms with Gasteiger partial charge in [0.05, 0.1) is 0 Å². The van der Waals surface area contributed by atoms with Crippen LogP contribution in [0, 0.1) is 6.92 Å². The summed E-state index contributed by atoms with van der Waals surface area (Å²) in [6.45, 7) is 4.90. The minimum absolute atomic E-state index is 0.121. The molecule has 4 rings (SSSR count). The molecule has 1 aliphatic rings. The third kappa shape index (κ3) is 2.66. The van der Waals surface area contributed by atoms with Gasteiger partial charge in [-0.1, -0.05) is 5.16 Å². The fraction of sp³-hybridized carbons (Fsp3) is 0.412. The Kier molecular flexibility index (Phi) is 3.55. The summed E-state index contributed by atoms with van der Waals surface area (Å²) in [5, 5.41) is 4.10. The molecule has 0 unspecified atom stereocenters. The van der Waals surface area contributed by atoms with Gasteiger partial charge in [0.1, 0.15) is 5.52 Å². The zero-order chi connectivity index (χ0) is 16.7. The van der Waals surface area contributed by atoms with Crippen LogP contribution in [0.3, 0.4) is 0 Å². The van der Waals surface area contributed by atoms with Gasteiger partial charge in [0.25, 0.3) is 0 Å². The molecular formula is C17H18N4O3. The van der Waals surface area contributed by atoms with Crippen LogP contribution < -0.4 is 0 Å². The van der Waals surface area contributed by atoms with Gasteiger partial charge in [-0.05, 0) is 31.0 Å². The highest BCUT2D eigenvalue weighted by Gasteiger charge is 2.26. The molecule has 7 nitrogen and oxygen atoms in total. The summed E-state index contributed by atoms with van der Waals surface area (Å²) < 4.78 is 10.9. The Morgan fingerprint density at radius 1 is 1.25 bits per heavy atom. The number of carbonyl (C=O) groups excluding carboxylic acids is 1. The molecule has 0 bridgehead atoms. The summed E-state index contributed by atoms with van der Waals surface area (Å²) >= 11 is 0. The van der Waals surface area contributed by atoms with Crippen LogP contribution in [-0.2, 0) is 4.79 Å². The van der Waals surface area contributed by atoms with E-state index in [9.17, 15) is 4.79 Å². The van der Waals surface area contributed by atoms with Crippen molar-refractivity contribution in [3.63, 3.8) is 0 Å². The van der Waals surface area contributed by atoms with Gasteiger partial charge in [-0.25, -0.2) is 4.98 Å². The van der Waals surface area contributed by atoms with Gasteiger partial charge in [-0.2, -0.15) is 4.98 Å². The van der Waals surface area contributed by atoms with E-state index in [0.717, 1.165) is 42.6 Å². The summed E-state index contributed by atoms with van der Waals surface area (Å²) in [7, 11) is 0. The maximum absolute atomic E-state index is 11.4. The fourth-order valence-corrected chi connectivity index (χ4v) is 3.14. The van der Waals surface area contributed by atoms with Crippen LogP contribution in [0.4, 0.5) is 0 Å². The van der Waals surface area contributed by atoms with Crippen molar-refractivity contribution in [2.75, 3.05) is 13.1 Å². The molecule has 0 atom stereocenters. The first-order valence-corrected chi connectivity index (χ1v) is 8.07. The molecule has 1 saturated heterocycles. The highest BCUT2D eigenvalue weighted by molar-refractivity contribution is 5.78. The number of oxazole rings is 1. The lowest BCUT2D eigenvalue weighted by Gasteiger charge is -2.29. The van der Waals surface area contributed by atoms with E-state index in [1.54, 1.807) is 6.92 Å². The molecule has 0 aliphatic carbocycles. The first-order chi connectivity index (χ1) is 11.6. The molecular weight excluding hydrogens is 308 g/mol. The monoisotopic (exact) mass is 326 g/mol. The van der Waals surface area contributed by atoms with Gasteiger partial charge in [0.15, 0.2) is 11.5 Å². The van der Waals surface area contributed by atoms with Gasteiger partial charge in [-0.3, -0.25) is 4.79 Å². The number of nitrogens with zero attached hydrogens (tertiary/aromatic N) is 4. The third-order valence-corrected chi connectivity index (χ3v) is 4.48. The van der Waals surface area contributed by atoms with Crippen molar-refractivity contribution in [2.24, 2.45) is 0 Å². The molecule has 24 heavy (non-hydrogen) atoms. The smallest absolute Gasteiger partial charge is 0.230 e. The number of fused-ring (bicyclic) bond motifs is 1. The maximum atomic E-state index is 11.4. The minimum Gasteiger partial charge on any atom is -0.441 e.